The highest BCUT2D eigenvalue weighted by Gasteiger charge is 2.32. The fourth-order valence-electron chi connectivity index (χ4n) is 5.77. The molecule has 0 radical (unpaired) electrons. The van der Waals surface area contributed by atoms with Crippen molar-refractivity contribution in [1.82, 2.24) is 9.88 Å². The van der Waals surface area contributed by atoms with Gasteiger partial charge in [0.15, 0.2) is 5.76 Å². The summed E-state index contributed by atoms with van der Waals surface area (Å²) in [6.45, 7) is 1.03. The topological polar surface area (TPSA) is 106 Å². The number of oxazole rings is 1. The van der Waals surface area contributed by atoms with Gasteiger partial charge in [0.1, 0.15) is 29.9 Å². The quantitative estimate of drug-likeness (QED) is 0.200. The van der Waals surface area contributed by atoms with Crippen molar-refractivity contribution in [1.29, 1.82) is 0 Å². The van der Waals surface area contributed by atoms with Crippen LogP contribution in [0.4, 0.5) is 4.79 Å². The monoisotopic (exact) mass is 593 g/mol. The number of hydrogen-bond acceptors (Lipinski definition) is 8. The Morgan fingerprint density at radius 1 is 0.955 bits per heavy atom. The van der Waals surface area contributed by atoms with Gasteiger partial charge in [0.25, 0.3) is 0 Å². The zero-order valence-electron chi connectivity index (χ0n) is 24.6. The number of hydrogen-bond donors (Lipinski definition) is 0. The van der Waals surface area contributed by atoms with E-state index in [9.17, 15) is 9.90 Å². The Bertz CT molecular complexity index is 1720. The van der Waals surface area contributed by atoms with E-state index in [0.29, 0.717) is 41.9 Å². The molecule has 2 atom stereocenters. The lowest BCUT2D eigenvalue weighted by atomic mass is 9.87. The maximum atomic E-state index is 11.8. The zero-order chi connectivity index (χ0) is 30.5. The van der Waals surface area contributed by atoms with Gasteiger partial charge in [0.05, 0.1) is 33.1 Å². The molecule has 1 aromatic heterocycles. The van der Waals surface area contributed by atoms with Crippen molar-refractivity contribution < 1.29 is 33.3 Å². The molecule has 226 valence electrons. The Labute approximate surface area is 255 Å². The molecular weight excluding hydrogens is 560 g/mol. The molecule has 2 heterocycles. The number of fused-ring (bicyclic) bond motifs is 1. The fourth-order valence-corrected chi connectivity index (χ4v) is 5.77. The first-order valence-corrected chi connectivity index (χ1v) is 14.5. The molecule has 9 nitrogen and oxygen atoms in total. The zero-order valence-corrected chi connectivity index (χ0v) is 24.6. The number of carbonyl (C=O) groups is 1. The van der Waals surface area contributed by atoms with Crippen LogP contribution in [0.1, 0.15) is 29.2 Å². The van der Waals surface area contributed by atoms with E-state index in [1.807, 2.05) is 84.9 Å². The highest BCUT2D eigenvalue weighted by Crippen LogP contribution is 2.38. The van der Waals surface area contributed by atoms with E-state index in [0.717, 1.165) is 27.5 Å². The van der Waals surface area contributed by atoms with Crippen LogP contribution in [0.25, 0.3) is 22.2 Å². The van der Waals surface area contributed by atoms with Crippen LogP contribution in [0.5, 0.6) is 17.2 Å². The molecule has 0 N–H and O–H groups in total. The molecule has 0 saturated carbocycles. The van der Waals surface area contributed by atoms with Gasteiger partial charge in [-0.3, -0.25) is 0 Å². The number of carboxylic acid groups (broad SMARTS) is 1. The number of methoxy groups -OCH3 is 2. The van der Waals surface area contributed by atoms with Crippen molar-refractivity contribution in [3.63, 3.8) is 0 Å². The summed E-state index contributed by atoms with van der Waals surface area (Å²) in [4.78, 5) is 17.4. The van der Waals surface area contributed by atoms with Crippen molar-refractivity contribution >= 4 is 16.9 Å². The summed E-state index contributed by atoms with van der Waals surface area (Å²) < 4.78 is 29.7. The second-order valence-corrected chi connectivity index (χ2v) is 10.6. The lowest BCUT2D eigenvalue weighted by Gasteiger charge is -2.40. The third-order valence-electron chi connectivity index (χ3n) is 7.99. The Kier molecular flexibility index (Phi) is 8.65. The molecule has 5 aromatic rings. The lowest BCUT2D eigenvalue weighted by molar-refractivity contribution is -0.268. The molecule has 0 spiro atoms. The predicted octanol–water partition coefficient (Wildman–Crippen LogP) is 5.81. The van der Waals surface area contributed by atoms with Crippen LogP contribution in [0, 0.1) is 0 Å². The van der Waals surface area contributed by atoms with E-state index in [1.54, 1.807) is 20.4 Å². The fraction of sp³-hybridized carbons (Fsp3) is 0.257. The Morgan fingerprint density at radius 2 is 1.70 bits per heavy atom. The number of carbonyl (C=O) groups excluding carboxylic acids is 1. The third kappa shape index (κ3) is 6.18. The lowest BCUT2D eigenvalue weighted by Crippen LogP contribution is -2.51. The highest BCUT2D eigenvalue weighted by atomic mass is 16.5. The van der Waals surface area contributed by atoms with Crippen molar-refractivity contribution in [2.75, 3.05) is 27.3 Å². The molecule has 0 bridgehead atoms. The van der Waals surface area contributed by atoms with E-state index < -0.39 is 12.2 Å². The molecule has 9 heteroatoms. The molecule has 44 heavy (non-hydrogen) atoms. The van der Waals surface area contributed by atoms with Crippen LogP contribution >= 0.6 is 0 Å². The maximum Gasteiger partial charge on any atom is 0.226 e. The highest BCUT2D eigenvalue weighted by molar-refractivity contribution is 5.94. The smallest absolute Gasteiger partial charge is 0.226 e. The number of piperidine rings is 1. The van der Waals surface area contributed by atoms with Crippen LogP contribution in [-0.2, 0) is 18.0 Å². The van der Waals surface area contributed by atoms with Gasteiger partial charge in [0.2, 0.25) is 5.89 Å². The van der Waals surface area contributed by atoms with E-state index in [1.165, 1.54) is 4.90 Å². The second kappa shape index (κ2) is 13.1. The van der Waals surface area contributed by atoms with Gasteiger partial charge in [-0.2, -0.15) is 0 Å². The van der Waals surface area contributed by atoms with Gasteiger partial charge < -0.3 is 38.2 Å². The van der Waals surface area contributed by atoms with Crippen molar-refractivity contribution in [3.05, 3.63) is 108 Å². The number of aromatic nitrogens is 1. The first-order chi connectivity index (χ1) is 21.5. The van der Waals surface area contributed by atoms with E-state index >= 15 is 0 Å². The van der Waals surface area contributed by atoms with Gasteiger partial charge in [-0.05, 0) is 42.3 Å². The van der Waals surface area contributed by atoms with Crippen LogP contribution in [0.3, 0.4) is 0 Å². The molecule has 1 saturated heterocycles. The van der Waals surface area contributed by atoms with E-state index in [4.69, 9.17) is 23.4 Å². The number of benzene rings is 4. The van der Waals surface area contributed by atoms with Crippen LogP contribution < -0.4 is 19.3 Å². The molecule has 1 aliphatic heterocycles. The molecule has 2 unspecified atom stereocenters. The summed E-state index contributed by atoms with van der Waals surface area (Å²) in [6.07, 6.45) is 0.663. The summed E-state index contributed by atoms with van der Waals surface area (Å²) in [5.74, 6) is 3.24. The van der Waals surface area contributed by atoms with Crippen molar-refractivity contribution in [3.8, 4) is 28.7 Å². The van der Waals surface area contributed by atoms with Crippen LogP contribution in [0.15, 0.2) is 95.5 Å². The summed E-state index contributed by atoms with van der Waals surface area (Å²) in [5.41, 5.74) is 2.76. The van der Waals surface area contributed by atoms with Gasteiger partial charge in [0, 0.05) is 40.9 Å². The first-order valence-electron chi connectivity index (χ1n) is 14.5. The van der Waals surface area contributed by atoms with Gasteiger partial charge in [-0.15, -0.1) is 0 Å². The van der Waals surface area contributed by atoms with E-state index in [2.05, 4.69) is 4.98 Å². The number of ether oxygens (including phenoxy) is 4. The normalized spacial score (nSPS) is 16.5. The largest absolute Gasteiger partial charge is 0.530 e. The predicted molar refractivity (Wildman–Crippen MR) is 163 cm³/mol. The van der Waals surface area contributed by atoms with Crippen LogP contribution in [-0.4, -0.2) is 49.4 Å². The number of rotatable bonds is 10. The minimum Gasteiger partial charge on any atom is -0.530 e. The van der Waals surface area contributed by atoms with E-state index in [-0.39, 0.29) is 25.7 Å². The average Bonchev–Trinajstić information content (AvgIpc) is 3.55. The van der Waals surface area contributed by atoms with Gasteiger partial charge in [-0.1, -0.05) is 54.6 Å². The number of nitrogens with zero attached hydrogens (tertiary/aromatic N) is 2. The molecule has 1 fully saturated rings. The number of amides is 1. The molecule has 6 rings (SSSR count). The molecule has 4 aromatic carbocycles. The minimum absolute atomic E-state index is 0.0318. The van der Waals surface area contributed by atoms with Crippen molar-refractivity contribution in [2.45, 2.75) is 31.7 Å². The average molecular weight is 594 g/mol. The summed E-state index contributed by atoms with van der Waals surface area (Å²) in [5, 5.41) is 13.6. The summed E-state index contributed by atoms with van der Waals surface area (Å²) in [6, 6.07) is 27.3. The standard InChI is InChI=1S/C35H34N2O7/c1-40-31-18-25(33(41-2)30-11-7-6-10-29(30)31)21-43-32-20-37(35(38)39)17-16-28(32)23-12-14-26(15-13-23)42-22-27-19-36-34(44-27)24-8-4-3-5-9-24/h3-15,18-19,28,32H,16-17,20-22H2,1-2H3,(H,38,39)/p-1. The molecule has 1 amide bonds. The van der Waals surface area contributed by atoms with Crippen LogP contribution in [0.2, 0.25) is 0 Å². The molecule has 1 aliphatic rings. The summed E-state index contributed by atoms with van der Waals surface area (Å²) in [7, 11) is 3.27. The maximum absolute atomic E-state index is 11.8. The third-order valence-corrected chi connectivity index (χ3v) is 7.99. The molecular formula is C35H33N2O7-. The second-order valence-electron chi connectivity index (χ2n) is 10.6. The number of likely N-dealkylation sites (tertiary alicyclic amines) is 1. The van der Waals surface area contributed by atoms with Gasteiger partial charge in [-0.25, -0.2) is 4.98 Å². The Hall–Kier alpha value is -5.02. The first kappa shape index (κ1) is 29.1. The van der Waals surface area contributed by atoms with Gasteiger partial charge >= 0.3 is 0 Å². The van der Waals surface area contributed by atoms with Crippen molar-refractivity contribution in [2.24, 2.45) is 0 Å². The SMILES string of the molecule is COc1cc(COC2CN(C(=O)[O-])CCC2c2ccc(OCc3cnc(-c4ccccc4)o3)cc2)c(OC)c2ccccc12. The minimum atomic E-state index is -1.20. The Morgan fingerprint density at radius 3 is 2.43 bits per heavy atom. The molecule has 0 aliphatic carbocycles. The Balaban J connectivity index is 1.16. The summed E-state index contributed by atoms with van der Waals surface area (Å²) >= 11 is 0.